The maximum Gasteiger partial charge on any atom is 0.355 e. The molecule has 0 spiro atoms. The fourth-order valence-corrected chi connectivity index (χ4v) is 3.03. The minimum absolute atomic E-state index is 0.214. The fourth-order valence-electron chi connectivity index (χ4n) is 2.58. The van der Waals surface area contributed by atoms with Crippen LogP contribution in [0.5, 0.6) is 0 Å². The smallest absolute Gasteiger partial charge is 0.355 e. The molecule has 6 nitrogen and oxygen atoms in total. The summed E-state index contributed by atoms with van der Waals surface area (Å²) < 4.78 is 5.02. The van der Waals surface area contributed by atoms with Crippen LogP contribution in [0.3, 0.4) is 0 Å². The number of benzene rings is 1. The summed E-state index contributed by atoms with van der Waals surface area (Å²) in [5, 5.41) is 13.0. The maximum atomic E-state index is 12.2. The number of carbonyl (C=O) groups is 2. The van der Waals surface area contributed by atoms with Gasteiger partial charge in [-0.05, 0) is 44.5 Å². The van der Waals surface area contributed by atoms with Gasteiger partial charge in [0.1, 0.15) is 5.69 Å². The lowest BCUT2D eigenvalue weighted by molar-refractivity contribution is -0.119. The van der Waals surface area contributed by atoms with E-state index in [0.717, 1.165) is 0 Å². The molecule has 2 rings (SSSR count). The number of aromatic amines is 1. The number of H-pyrrole nitrogens is 1. The van der Waals surface area contributed by atoms with Gasteiger partial charge in [-0.3, -0.25) is 4.79 Å². The molecule has 0 fully saturated rings. The summed E-state index contributed by atoms with van der Waals surface area (Å²) in [6, 6.07) is 4.63. The van der Waals surface area contributed by atoms with Gasteiger partial charge < -0.3 is 20.1 Å². The number of aliphatic hydroxyl groups excluding tert-OH is 1. The van der Waals surface area contributed by atoms with Crippen molar-refractivity contribution in [2.45, 2.75) is 26.9 Å². The van der Waals surface area contributed by atoms with Crippen molar-refractivity contribution in [1.82, 2.24) is 4.98 Å². The van der Waals surface area contributed by atoms with Crippen LogP contribution in [0.2, 0.25) is 10.0 Å². The molecule has 25 heavy (non-hydrogen) atoms. The van der Waals surface area contributed by atoms with Gasteiger partial charge in [0.2, 0.25) is 0 Å². The number of anilines is 1. The summed E-state index contributed by atoms with van der Waals surface area (Å²) in [4.78, 5) is 27.0. The van der Waals surface area contributed by atoms with Crippen molar-refractivity contribution >= 4 is 40.8 Å². The molecule has 0 unspecified atom stereocenters. The Morgan fingerprint density at radius 2 is 2.00 bits per heavy atom. The quantitative estimate of drug-likeness (QED) is 0.683. The molecule has 1 aromatic heterocycles. The first-order valence-corrected chi connectivity index (χ1v) is 8.25. The molecule has 3 N–H and O–H groups in total. The molecule has 1 heterocycles. The number of nitrogens with one attached hydrogen (secondary N) is 2. The highest BCUT2D eigenvalue weighted by Crippen LogP contribution is 2.26. The standard InChI is InChI=1S/C17H18Cl2N2O4/c1-8-15(10(3)22)9(2)20-16(8)17(24)25-7-14(23)21-13-5-4-11(18)6-12(13)19/h4-6,10,20,22H,7H2,1-3H3,(H,21,23)/t10-/m0/s1. The molecule has 1 atom stereocenters. The topological polar surface area (TPSA) is 91.4 Å². The minimum atomic E-state index is -0.715. The molecule has 1 amide bonds. The number of esters is 1. The van der Waals surface area contributed by atoms with Crippen molar-refractivity contribution in [3.05, 3.63) is 50.8 Å². The number of amides is 1. The van der Waals surface area contributed by atoms with E-state index in [-0.39, 0.29) is 10.7 Å². The number of halogens is 2. The van der Waals surface area contributed by atoms with E-state index in [1.807, 2.05) is 0 Å². The lowest BCUT2D eigenvalue weighted by Crippen LogP contribution is -2.21. The molecule has 0 bridgehead atoms. The van der Waals surface area contributed by atoms with Gasteiger partial charge in [-0.1, -0.05) is 23.2 Å². The molecule has 0 saturated heterocycles. The summed E-state index contributed by atoms with van der Waals surface area (Å²) in [6.07, 6.45) is -0.715. The van der Waals surface area contributed by atoms with Crippen molar-refractivity contribution in [2.24, 2.45) is 0 Å². The molecule has 8 heteroatoms. The molecule has 134 valence electrons. The normalized spacial score (nSPS) is 11.9. The predicted octanol–water partition coefficient (Wildman–Crippen LogP) is 3.79. The lowest BCUT2D eigenvalue weighted by Gasteiger charge is -2.08. The van der Waals surface area contributed by atoms with Gasteiger partial charge in [0.05, 0.1) is 16.8 Å². The van der Waals surface area contributed by atoms with Crippen LogP contribution in [0.1, 0.15) is 40.3 Å². The van der Waals surface area contributed by atoms with Gasteiger partial charge in [-0.25, -0.2) is 4.79 Å². The maximum absolute atomic E-state index is 12.2. The SMILES string of the molecule is Cc1[nH]c(C(=O)OCC(=O)Nc2ccc(Cl)cc2Cl)c(C)c1[C@H](C)O. The Labute approximate surface area is 155 Å². The first kappa shape index (κ1) is 19.3. The van der Waals surface area contributed by atoms with E-state index >= 15 is 0 Å². The molecule has 0 radical (unpaired) electrons. The number of ether oxygens (including phenoxy) is 1. The van der Waals surface area contributed by atoms with Crippen molar-refractivity contribution in [3.8, 4) is 0 Å². The van der Waals surface area contributed by atoms with Gasteiger partial charge in [-0.2, -0.15) is 0 Å². The summed E-state index contributed by atoms with van der Waals surface area (Å²) in [5.74, 6) is -1.21. The van der Waals surface area contributed by atoms with Crippen LogP contribution < -0.4 is 5.32 Å². The van der Waals surface area contributed by atoms with Gasteiger partial charge >= 0.3 is 5.97 Å². The molecular formula is C17H18Cl2N2O4. The summed E-state index contributed by atoms with van der Waals surface area (Å²) in [5.41, 5.74) is 2.50. The zero-order valence-electron chi connectivity index (χ0n) is 13.9. The third-order valence-corrected chi connectivity index (χ3v) is 4.20. The second-order valence-corrected chi connectivity index (χ2v) is 6.43. The highest BCUT2D eigenvalue weighted by Gasteiger charge is 2.21. The first-order chi connectivity index (χ1) is 11.7. The van der Waals surface area contributed by atoms with Crippen LogP contribution in [0.25, 0.3) is 0 Å². The Morgan fingerprint density at radius 1 is 1.32 bits per heavy atom. The zero-order valence-corrected chi connectivity index (χ0v) is 15.5. The van der Waals surface area contributed by atoms with E-state index in [2.05, 4.69) is 10.3 Å². The van der Waals surface area contributed by atoms with Crippen LogP contribution >= 0.6 is 23.2 Å². The van der Waals surface area contributed by atoms with Crippen LogP contribution in [0.4, 0.5) is 5.69 Å². The Kier molecular flexibility index (Phi) is 6.11. The number of hydrogen-bond donors (Lipinski definition) is 3. The second-order valence-electron chi connectivity index (χ2n) is 5.59. The highest BCUT2D eigenvalue weighted by molar-refractivity contribution is 6.36. The summed E-state index contributed by atoms with van der Waals surface area (Å²) in [7, 11) is 0. The van der Waals surface area contributed by atoms with E-state index in [1.54, 1.807) is 32.9 Å². The number of hydrogen-bond acceptors (Lipinski definition) is 4. The van der Waals surface area contributed by atoms with Crippen molar-refractivity contribution in [1.29, 1.82) is 0 Å². The monoisotopic (exact) mass is 384 g/mol. The van der Waals surface area contributed by atoms with Crippen LogP contribution in [-0.2, 0) is 9.53 Å². The summed E-state index contributed by atoms with van der Waals surface area (Å²) >= 11 is 11.8. The second kappa shape index (κ2) is 7.91. The van der Waals surface area contributed by atoms with Crippen molar-refractivity contribution in [3.63, 3.8) is 0 Å². The minimum Gasteiger partial charge on any atom is -0.451 e. The van der Waals surface area contributed by atoms with Gasteiger partial charge in [-0.15, -0.1) is 0 Å². The van der Waals surface area contributed by atoms with Crippen LogP contribution in [0.15, 0.2) is 18.2 Å². The molecular weight excluding hydrogens is 367 g/mol. The zero-order chi connectivity index (χ0) is 18.7. The average Bonchev–Trinajstić information content (AvgIpc) is 2.82. The number of carbonyl (C=O) groups excluding carboxylic acids is 2. The third-order valence-electron chi connectivity index (χ3n) is 3.66. The highest BCUT2D eigenvalue weighted by atomic mass is 35.5. The fraction of sp³-hybridized carbons (Fsp3) is 0.294. The van der Waals surface area contributed by atoms with Gasteiger partial charge in [0.15, 0.2) is 6.61 Å². The van der Waals surface area contributed by atoms with Crippen molar-refractivity contribution < 1.29 is 19.4 Å². The Bertz CT molecular complexity index is 815. The van der Waals surface area contributed by atoms with E-state index in [0.29, 0.717) is 27.5 Å². The Balaban J connectivity index is 2.00. The largest absolute Gasteiger partial charge is 0.451 e. The number of aliphatic hydroxyl groups is 1. The van der Waals surface area contributed by atoms with E-state index in [9.17, 15) is 14.7 Å². The molecule has 0 aliphatic rings. The average molecular weight is 385 g/mol. The van der Waals surface area contributed by atoms with E-state index in [4.69, 9.17) is 27.9 Å². The van der Waals surface area contributed by atoms with E-state index < -0.39 is 24.6 Å². The molecule has 1 aromatic carbocycles. The first-order valence-electron chi connectivity index (χ1n) is 7.49. The molecule has 2 aromatic rings. The third kappa shape index (κ3) is 4.54. The van der Waals surface area contributed by atoms with Gasteiger partial charge in [0, 0.05) is 16.3 Å². The van der Waals surface area contributed by atoms with Gasteiger partial charge in [0.25, 0.3) is 5.91 Å². The molecule has 0 aliphatic carbocycles. The van der Waals surface area contributed by atoms with Crippen LogP contribution in [-0.4, -0.2) is 28.6 Å². The number of rotatable bonds is 5. The summed E-state index contributed by atoms with van der Waals surface area (Å²) in [6.45, 7) is 4.59. The van der Waals surface area contributed by atoms with E-state index in [1.165, 1.54) is 6.07 Å². The van der Waals surface area contributed by atoms with Crippen molar-refractivity contribution in [2.75, 3.05) is 11.9 Å². The lowest BCUT2D eigenvalue weighted by atomic mass is 10.1. The number of aromatic nitrogens is 1. The Hall–Kier alpha value is -2.02. The molecule has 0 aliphatic heterocycles. The van der Waals surface area contributed by atoms with Crippen LogP contribution in [0, 0.1) is 13.8 Å². The predicted molar refractivity (Wildman–Crippen MR) is 96.3 cm³/mol. The number of aryl methyl sites for hydroxylation is 1. The Morgan fingerprint density at radius 3 is 2.56 bits per heavy atom. The molecule has 0 saturated carbocycles.